The van der Waals surface area contributed by atoms with Crippen LogP contribution in [0.25, 0.3) is 11.1 Å². The molecule has 1 aromatic heterocycles. The van der Waals surface area contributed by atoms with Gasteiger partial charge in [0.15, 0.2) is 11.5 Å². The molecule has 0 spiro atoms. The van der Waals surface area contributed by atoms with Crippen LogP contribution in [0.15, 0.2) is 22.8 Å². The SMILES string of the molecule is CCOc1cc(-c2cnn(C)c2N)cc(Br)c1OC. The van der Waals surface area contributed by atoms with Crippen molar-refractivity contribution in [3.63, 3.8) is 0 Å². The molecule has 0 saturated carbocycles. The molecule has 0 atom stereocenters. The van der Waals surface area contributed by atoms with Gasteiger partial charge in [-0.3, -0.25) is 4.68 Å². The molecule has 0 saturated heterocycles. The minimum atomic E-state index is 0.564. The second kappa shape index (κ2) is 5.52. The molecule has 6 heteroatoms. The van der Waals surface area contributed by atoms with E-state index < -0.39 is 0 Å². The van der Waals surface area contributed by atoms with E-state index in [-0.39, 0.29) is 0 Å². The molecule has 19 heavy (non-hydrogen) atoms. The number of nitrogens with two attached hydrogens (primary N) is 1. The second-order valence-corrected chi connectivity index (χ2v) is 4.84. The molecule has 0 aliphatic heterocycles. The number of aryl methyl sites for hydroxylation is 1. The summed E-state index contributed by atoms with van der Waals surface area (Å²) < 4.78 is 13.4. The Kier molecular flexibility index (Phi) is 3.99. The molecule has 2 aromatic rings. The number of nitrogens with zero attached hydrogens (tertiary/aromatic N) is 2. The monoisotopic (exact) mass is 325 g/mol. The summed E-state index contributed by atoms with van der Waals surface area (Å²) >= 11 is 3.48. The maximum atomic E-state index is 5.99. The van der Waals surface area contributed by atoms with Gasteiger partial charge >= 0.3 is 0 Å². The summed E-state index contributed by atoms with van der Waals surface area (Å²) in [6.45, 7) is 2.49. The average molecular weight is 326 g/mol. The number of halogens is 1. The van der Waals surface area contributed by atoms with Crippen molar-refractivity contribution in [3.8, 4) is 22.6 Å². The largest absolute Gasteiger partial charge is 0.492 e. The zero-order valence-corrected chi connectivity index (χ0v) is 12.7. The van der Waals surface area contributed by atoms with Crippen molar-refractivity contribution < 1.29 is 9.47 Å². The smallest absolute Gasteiger partial charge is 0.174 e. The van der Waals surface area contributed by atoms with Crippen molar-refractivity contribution in [3.05, 3.63) is 22.8 Å². The third-order valence-electron chi connectivity index (χ3n) is 2.81. The number of ether oxygens (including phenoxy) is 2. The number of rotatable bonds is 4. The number of aromatic nitrogens is 2. The lowest BCUT2D eigenvalue weighted by Crippen LogP contribution is -1.99. The van der Waals surface area contributed by atoms with E-state index in [0.29, 0.717) is 23.9 Å². The number of hydrogen-bond acceptors (Lipinski definition) is 4. The fourth-order valence-electron chi connectivity index (χ4n) is 1.85. The molecule has 2 rings (SSSR count). The lowest BCUT2D eigenvalue weighted by Gasteiger charge is -2.13. The van der Waals surface area contributed by atoms with Crippen molar-refractivity contribution >= 4 is 21.7 Å². The quantitative estimate of drug-likeness (QED) is 0.938. The van der Waals surface area contributed by atoms with Gasteiger partial charge in [-0.1, -0.05) is 0 Å². The minimum absolute atomic E-state index is 0.564. The Morgan fingerprint density at radius 2 is 2.16 bits per heavy atom. The first-order chi connectivity index (χ1) is 9.08. The van der Waals surface area contributed by atoms with Crippen LogP contribution in [0, 0.1) is 0 Å². The minimum Gasteiger partial charge on any atom is -0.492 e. The Bertz CT molecular complexity index is 596. The number of anilines is 1. The van der Waals surface area contributed by atoms with E-state index >= 15 is 0 Å². The van der Waals surface area contributed by atoms with Crippen LogP contribution in [0.5, 0.6) is 11.5 Å². The molecule has 0 amide bonds. The van der Waals surface area contributed by atoms with Crippen molar-refractivity contribution in [2.24, 2.45) is 7.05 Å². The number of nitrogen functional groups attached to an aromatic ring is 1. The van der Waals surface area contributed by atoms with Crippen LogP contribution in [-0.4, -0.2) is 23.5 Å². The van der Waals surface area contributed by atoms with Gasteiger partial charge < -0.3 is 15.2 Å². The Morgan fingerprint density at radius 1 is 1.42 bits per heavy atom. The molecule has 0 fully saturated rings. The summed E-state index contributed by atoms with van der Waals surface area (Å²) in [6.07, 6.45) is 1.74. The first-order valence-electron chi connectivity index (χ1n) is 5.86. The highest BCUT2D eigenvalue weighted by molar-refractivity contribution is 9.10. The van der Waals surface area contributed by atoms with Gasteiger partial charge in [0.25, 0.3) is 0 Å². The summed E-state index contributed by atoms with van der Waals surface area (Å²) in [4.78, 5) is 0. The third kappa shape index (κ3) is 2.53. The van der Waals surface area contributed by atoms with Crippen LogP contribution >= 0.6 is 15.9 Å². The lowest BCUT2D eigenvalue weighted by atomic mass is 10.1. The van der Waals surface area contributed by atoms with E-state index in [0.717, 1.165) is 15.6 Å². The van der Waals surface area contributed by atoms with E-state index in [1.807, 2.05) is 19.1 Å². The van der Waals surface area contributed by atoms with E-state index in [1.165, 1.54) is 0 Å². The van der Waals surface area contributed by atoms with Crippen LogP contribution in [0.1, 0.15) is 6.92 Å². The highest BCUT2D eigenvalue weighted by atomic mass is 79.9. The van der Waals surface area contributed by atoms with Gasteiger partial charge in [0.1, 0.15) is 5.82 Å². The number of methoxy groups -OCH3 is 1. The van der Waals surface area contributed by atoms with E-state index in [1.54, 1.807) is 25.0 Å². The van der Waals surface area contributed by atoms with Gasteiger partial charge in [-0.15, -0.1) is 0 Å². The maximum absolute atomic E-state index is 5.99. The zero-order valence-electron chi connectivity index (χ0n) is 11.1. The van der Waals surface area contributed by atoms with E-state index in [2.05, 4.69) is 21.0 Å². The first-order valence-corrected chi connectivity index (χ1v) is 6.66. The molecule has 0 unspecified atom stereocenters. The third-order valence-corrected chi connectivity index (χ3v) is 3.40. The number of hydrogen-bond donors (Lipinski definition) is 1. The van der Waals surface area contributed by atoms with Crippen molar-refractivity contribution in [1.29, 1.82) is 0 Å². The maximum Gasteiger partial charge on any atom is 0.174 e. The Morgan fingerprint density at radius 3 is 2.68 bits per heavy atom. The van der Waals surface area contributed by atoms with Crippen molar-refractivity contribution in [2.75, 3.05) is 19.5 Å². The summed E-state index contributed by atoms with van der Waals surface area (Å²) in [5.74, 6) is 1.96. The summed E-state index contributed by atoms with van der Waals surface area (Å²) in [6, 6.07) is 3.84. The summed E-state index contributed by atoms with van der Waals surface area (Å²) in [5, 5.41) is 4.14. The Labute approximate surface area is 120 Å². The average Bonchev–Trinajstić information content (AvgIpc) is 2.70. The van der Waals surface area contributed by atoms with Crippen LogP contribution in [-0.2, 0) is 7.05 Å². The zero-order chi connectivity index (χ0) is 14.0. The Balaban J connectivity index is 2.56. The predicted molar refractivity (Wildman–Crippen MR) is 78.5 cm³/mol. The van der Waals surface area contributed by atoms with Crippen molar-refractivity contribution in [1.82, 2.24) is 9.78 Å². The predicted octanol–water partition coefficient (Wildman–Crippen LogP) is 2.84. The molecular formula is C13H16BrN3O2. The molecule has 1 heterocycles. The van der Waals surface area contributed by atoms with Crippen LogP contribution < -0.4 is 15.2 Å². The van der Waals surface area contributed by atoms with Gasteiger partial charge in [-0.05, 0) is 40.5 Å². The van der Waals surface area contributed by atoms with E-state index in [4.69, 9.17) is 15.2 Å². The highest BCUT2D eigenvalue weighted by Crippen LogP contribution is 2.40. The van der Waals surface area contributed by atoms with Crippen LogP contribution in [0.4, 0.5) is 5.82 Å². The molecular weight excluding hydrogens is 310 g/mol. The number of benzene rings is 1. The highest BCUT2D eigenvalue weighted by Gasteiger charge is 2.15. The molecule has 0 aliphatic rings. The van der Waals surface area contributed by atoms with Crippen LogP contribution in [0.3, 0.4) is 0 Å². The topological polar surface area (TPSA) is 62.3 Å². The molecule has 5 nitrogen and oxygen atoms in total. The standard InChI is InChI=1S/C13H16BrN3O2/c1-4-19-11-6-8(5-10(14)12(11)18-3)9-7-16-17(2)13(9)15/h5-7H,4,15H2,1-3H3. The van der Waals surface area contributed by atoms with Crippen LogP contribution in [0.2, 0.25) is 0 Å². The lowest BCUT2D eigenvalue weighted by molar-refractivity contribution is 0.310. The summed E-state index contributed by atoms with van der Waals surface area (Å²) in [7, 11) is 3.42. The fourth-order valence-corrected chi connectivity index (χ4v) is 2.46. The molecule has 0 radical (unpaired) electrons. The van der Waals surface area contributed by atoms with Gasteiger partial charge in [0.05, 0.1) is 24.4 Å². The van der Waals surface area contributed by atoms with E-state index in [9.17, 15) is 0 Å². The Hall–Kier alpha value is -1.69. The second-order valence-electron chi connectivity index (χ2n) is 3.99. The molecule has 0 bridgehead atoms. The van der Waals surface area contributed by atoms with Crippen molar-refractivity contribution in [2.45, 2.75) is 6.92 Å². The fraction of sp³-hybridized carbons (Fsp3) is 0.308. The van der Waals surface area contributed by atoms with Gasteiger partial charge in [-0.25, -0.2) is 0 Å². The van der Waals surface area contributed by atoms with Gasteiger partial charge in [0.2, 0.25) is 0 Å². The van der Waals surface area contributed by atoms with Gasteiger partial charge in [-0.2, -0.15) is 5.10 Å². The first kappa shape index (κ1) is 13.7. The molecule has 2 N–H and O–H groups in total. The normalized spacial score (nSPS) is 10.5. The van der Waals surface area contributed by atoms with Gasteiger partial charge in [0, 0.05) is 12.6 Å². The molecule has 102 valence electrons. The summed E-state index contributed by atoms with van der Waals surface area (Å²) in [5.41, 5.74) is 7.79. The molecule has 1 aromatic carbocycles. The molecule has 0 aliphatic carbocycles.